The molecule has 23 heavy (non-hydrogen) atoms. The van der Waals surface area contributed by atoms with Gasteiger partial charge in [-0.3, -0.25) is 14.5 Å². The molecule has 1 aliphatic rings. The molecule has 1 unspecified atom stereocenters. The van der Waals surface area contributed by atoms with E-state index in [9.17, 15) is 14.0 Å². The quantitative estimate of drug-likeness (QED) is 0.736. The lowest BCUT2D eigenvalue weighted by Crippen LogP contribution is -2.46. The lowest BCUT2D eigenvalue weighted by atomic mass is 10.0. The first-order chi connectivity index (χ1) is 11.1. The molecule has 0 radical (unpaired) electrons. The number of hydrogen-bond acceptors (Lipinski definition) is 4. The Balaban J connectivity index is 2.06. The summed E-state index contributed by atoms with van der Waals surface area (Å²) in [5.41, 5.74) is 0.586. The van der Waals surface area contributed by atoms with Gasteiger partial charge in [0.1, 0.15) is 11.9 Å². The van der Waals surface area contributed by atoms with Crippen molar-refractivity contribution in [2.45, 2.75) is 18.9 Å². The molecule has 1 aliphatic heterocycles. The summed E-state index contributed by atoms with van der Waals surface area (Å²) in [4.78, 5) is 25.0. The van der Waals surface area contributed by atoms with E-state index >= 15 is 0 Å². The highest BCUT2D eigenvalue weighted by atomic mass is 19.1. The zero-order chi connectivity index (χ0) is 16.7. The summed E-state index contributed by atoms with van der Waals surface area (Å²) in [6.07, 6.45) is 0.364. The molecule has 1 aromatic rings. The number of nitrogens with zero attached hydrogens (tertiary/aromatic N) is 1. The fraction of sp³-hybridized carbons (Fsp3) is 0.500. The second-order valence-corrected chi connectivity index (χ2v) is 5.39. The normalized spacial score (nSPS) is 16.7. The minimum absolute atomic E-state index is 0.00245. The van der Waals surface area contributed by atoms with Gasteiger partial charge in [-0.1, -0.05) is 12.1 Å². The van der Waals surface area contributed by atoms with Crippen LogP contribution < -0.4 is 5.32 Å². The minimum atomic E-state index is -0.894. The molecule has 126 valence electrons. The maximum Gasteiger partial charge on any atom is 0.303 e. The van der Waals surface area contributed by atoms with Crippen LogP contribution in [0.25, 0.3) is 0 Å². The van der Waals surface area contributed by atoms with Crippen LogP contribution in [-0.4, -0.2) is 54.7 Å². The Hall–Kier alpha value is -1.99. The molecular weight excluding hydrogens is 303 g/mol. The van der Waals surface area contributed by atoms with Gasteiger partial charge in [0.15, 0.2) is 0 Å². The van der Waals surface area contributed by atoms with E-state index in [1.165, 1.54) is 12.1 Å². The van der Waals surface area contributed by atoms with Crippen molar-refractivity contribution >= 4 is 11.9 Å². The van der Waals surface area contributed by atoms with Gasteiger partial charge < -0.3 is 15.2 Å². The van der Waals surface area contributed by atoms with Gasteiger partial charge in [-0.25, -0.2) is 4.39 Å². The molecule has 1 fully saturated rings. The Morgan fingerprint density at radius 3 is 2.74 bits per heavy atom. The molecule has 0 bridgehead atoms. The summed E-state index contributed by atoms with van der Waals surface area (Å²) in [5, 5.41) is 11.4. The first-order valence-corrected chi connectivity index (χ1v) is 7.64. The van der Waals surface area contributed by atoms with Crippen molar-refractivity contribution in [1.82, 2.24) is 10.2 Å². The Labute approximate surface area is 134 Å². The van der Waals surface area contributed by atoms with Crippen LogP contribution in [0.2, 0.25) is 0 Å². The Bertz CT molecular complexity index is 547. The molecule has 0 aromatic heterocycles. The number of nitrogens with one attached hydrogen (secondary N) is 1. The van der Waals surface area contributed by atoms with Gasteiger partial charge in [0.05, 0.1) is 13.2 Å². The number of carboxylic acid groups (broad SMARTS) is 1. The Kier molecular flexibility index (Phi) is 6.49. The van der Waals surface area contributed by atoms with E-state index in [1.54, 1.807) is 12.1 Å². The van der Waals surface area contributed by atoms with Gasteiger partial charge in [-0.2, -0.15) is 0 Å². The third kappa shape index (κ3) is 5.30. The van der Waals surface area contributed by atoms with Crippen molar-refractivity contribution in [3.05, 3.63) is 35.6 Å². The fourth-order valence-electron chi connectivity index (χ4n) is 2.59. The van der Waals surface area contributed by atoms with Crippen molar-refractivity contribution in [1.29, 1.82) is 0 Å². The number of aliphatic carboxylic acids is 1. The Morgan fingerprint density at radius 2 is 2.09 bits per heavy atom. The molecule has 0 aliphatic carbocycles. The molecule has 1 saturated heterocycles. The molecule has 6 nitrogen and oxygen atoms in total. The minimum Gasteiger partial charge on any atom is -0.481 e. The van der Waals surface area contributed by atoms with Gasteiger partial charge in [0.25, 0.3) is 0 Å². The van der Waals surface area contributed by atoms with Gasteiger partial charge in [-0.05, 0) is 24.1 Å². The smallest absolute Gasteiger partial charge is 0.303 e. The van der Waals surface area contributed by atoms with E-state index < -0.39 is 12.0 Å². The average molecular weight is 324 g/mol. The number of rotatable bonds is 7. The topological polar surface area (TPSA) is 78.9 Å². The van der Waals surface area contributed by atoms with Crippen molar-refractivity contribution < 1.29 is 23.8 Å². The number of ether oxygens (including phenoxy) is 1. The average Bonchev–Trinajstić information content (AvgIpc) is 2.53. The first kappa shape index (κ1) is 17.4. The van der Waals surface area contributed by atoms with E-state index in [1.807, 2.05) is 4.90 Å². The van der Waals surface area contributed by atoms with Gasteiger partial charge in [-0.15, -0.1) is 0 Å². The molecule has 0 saturated carbocycles. The maximum absolute atomic E-state index is 13.5. The molecule has 1 atom stereocenters. The van der Waals surface area contributed by atoms with Crippen LogP contribution in [0, 0.1) is 5.82 Å². The molecular formula is C16H21FN2O4. The lowest BCUT2D eigenvalue weighted by molar-refractivity contribution is -0.137. The van der Waals surface area contributed by atoms with Crippen molar-refractivity contribution in [3.63, 3.8) is 0 Å². The first-order valence-electron chi connectivity index (χ1n) is 7.64. The predicted molar refractivity (Wildman–Crippen MR) is 81.4 cm³/mol. The number of morpholine rings is 1. The lowest BCUT2D eigenvalue weighted by Gasteiger charge is -2.33. The second kappa shape index (κ2) is 8.59. The third-order valence-corrected chi connectivity index (χ3v) is 3.69. The van der Waals surface area contributed by atoms with Crippen molar-refractivity contribution in [2.24, 2.45) is 0 Å². The highest BCUT2D eigenvalue weighted by Gasteiger charge is 2.29. The molecule has 1 heterocycles. The van der Waals surface area contributed by atoms with Crippen LogP contribution in [0.3, 0.4) is 0 Å². The highest BCUT2D eigenvalue weighted by Crippen LogP contribution is 2.23. The van der Waals surface area contributed by atoms with E-state index in [2.05, 4.69) is 5.32 Å². The standard InChI is InChI=1S/C16H21FN2O4/c17-13-4-1-3-12(11-13)15(19-7-9-23-10-8-19)16(22)18-6-2-5-14(20)21/h1,3-4,11,15H,2,5-10H2,(H,18,22)(H,20,21). The van der Waals surface area contributed by atoms with Crippen molar-refractivity contribution in [2.75, 3.05) is 32.8 Å². The predicted octanol–water partition coefficient (Wildman–Crippen LogP) is 1.18. The summed E-state index contributed by atoms with van der Waals surface area (Å²) >= 11 is 0. The summed E-state index contributed by atoms with van der Waals surface area (Å²) in [7, 11) is 0. The highest BCUT2D eigenvalue weighted by molar-refractivity contribution is 5.83. The van der Waals surface area contributed by atoms with Crippen LogP contribution in [0.1, 0.15) is 24.4 Å². The molecule has 0 spiro atoms. The van der Waals surface area contributed by atoms with Gasteiger partial charge in [0.2, 0.25) is 5.91 Å². The number of hydrogen-bond donors (Lipinski definition) is 2. The van der Waals surface area contributed by atoms with Crippen molar-refractivity contribution in [3.8, 4) is 0 Å². The maximum atomic E-state index is 13.5. The number of carbonyl (C=O) groups is 2. The molecule has 2 N–H and O–H groups in total. The number of halogens is 1. The van der Waals surface area contributed by atoms with E-state index in [4.69, 9.17) is 9.84 Å². The molecule has 7 heteroatoms. The van der Waals surface area contributed by atoms with E-state index in [0.29, 0.717) is 38.3 Å². The zero-order valence-corrected chi connectivity index (χ0v) is 12.8. The summed E-state index contributed by atoms with van der Waals surface area (Å²) < 4.78 is 18.8. The zero-order valence-electron chi connectivity index (χ0n) is 12.8. The summed E-state index contributed by atoms with van der Waals surface area (Å²) in [5.74, 6) is -1.53. The van der Waals surface area contributed by atoms with Crippen LogP contribution in [0.5, 0.6) is 0 Å². The monoisotopic (exact) mass is 324 g/mol. The summed E-state index contributed by atoms with van der Waals surface area (Å²) in [6.45, 7) is 2.50. The summed E-state index contributed by atoms with van der Waals surface area (Å²) in [6, 6.07) is 5.40. The molecule has 2 rings (SSSR count). The fourth-order valence-corrected chi connectivity index (χ4v) is 2.59. The van der Waals surface area contributed by atoms with E-state index in [0.717, 1.165) is 0 Å². The number of carbonyl (C=O) groups excluding carboxylic acids is 1. The third-order valence-electron chi connectivity index (χ3n) is 3.69. The van der Waals surface area contributed by atoms with E-state index in [-0.39, 0.29) is 24.7 Å². The molecule has 1 amide bonds. The van der Waals surface area contributed by atoms with Crippen LogP contribution in [0.15, 0.2) is 24.3 Å². The van der Waals surface area contributed by atoms with Gasteiger partial charge in [0, 0.05) is 26.1 Å². The number of carboxylic acids is 1. The van der Waals surface area contributed by atoms with Crippen LogP contribution in [0.4, 0.5) is 4.39 Å². The Morgan fingerprint density at radius 1 is 1.35 bits per heavy atom. The second-order valence-electron chi connectivity index (χ2n) is 5.39. The van der Waals surface area contributed by atoms with Gasteiger partial charge >= 0.3 is 5.97 Å². The largest absolute Gasteiger partial charge is 0.481 e. The van der Waals surface area contributed by atoms with Crippen LogP contribution >= 0.6 is 0 Å². The number of amides is 1. The van der Waals surface area contributed by atoms with Crippen LogP contribution in [-0.2, 0) is 14.3 Å². The SMILES string of the molecule is O=C(O)CCCNC(=O)C(c1cccc(F)c1)N1CCOCC1. The number of benzene rings is 1. The molecule has 1 aromatic carbocycles.